The van der Waals surface area contributed by atoms with Gasteiger partial charge in [-0.3, -0.25) is 0 Å². The fraction of sp³-hybridized carbons (Fsp3) is 1.00. The largest absolute Gasteiger partial charge is 0.379 e. The molecule has 0 aromatic heterocycles. The van der Waals surface area contributed by atoms with E-state index in [1.807, 2.05) is 0 Å². The Bertz CT molecular complexity index is 248. The molecule has 0 spiro atoms. The molecule has 2 saturated heterocycles. The van der Waals surface area contributed by atoms with Crippen LogP contribution >= 0.6 is 0 Å². The van der Waals surface area contributed by atoms with Gasteiger partial charge in [-0.2, -0.15) is 0 Å². The zero-order valence-electron chi connectivity index (χ0n) is 12.9. The maximum atomic E-state index is 5.55. The topological polar surface area (TPSA) is 27.7 Å². The molecule has 4 heteroatoms. The van der Waals surface area contributed by atoms with Crippen LogP contribution in [0.1, 0.15) is 33.1 Å². The molecular formula is C15H31N3O. The van der Waals surface area contributed by atoms with Crippen LogP contribution in [0.15, 0.2) is 0 Å². The molecule has 0 saturated carbocycles. The minimum Gasteiger partial charge on any atom is -0.379 e. The summed E-state index contributed by atoms with van der Waals surface area (Å²) in [5, 5.41) is 3.56. The van der Waals surface area contributed by atoms with E-state index in [-0.39, 0.29) is 0 Å². The maximum absolute atomic E-state index is 5.55. The van der Waals surface area contributed by atoms with Crippen LogP contribution in [0, 0.1) is 0 Å². The van der Waals surface area contributed by atoms with Crippen molar-refractivity contribution in [3.63, 3.8) is 0 Å². The van der Waals surface area contributed by atoms with E-state index in [4.69, 9.17) is 4.74 Å². The first kappa shape index (κ1) is 15.2. The Kier molecular flexibility index (Phi) is 6.07. The molecule has 1 N–H and O–H groups in total. The number of hydrogen-bond donors (Lipinski definition) is 1. The summed E-state index contributed by atoms with van der Waals surface area (Å²) < 4.78 is 5.55. The molecule has 2 unspecified atom stereocenters. The third-order valence-electron chi connectivity index (χ3n) is 4.90. The first-order chi connectivity index (χ1) is 9.20. The molecule has 2 aliphatic rings. The van der Waals surface area contributed by atoms with Crippen LogP contribution < -0.4 is 5.32 Å². The van der Waals surface area contributed by atoms with Crippen molar-refractivity contribution in [1.82, 2.24) is 15.1 Å². The molecular weight excluding hydrogens is 238 g/mol. The summed E-state index contributed by atoms with van der Waals surface area (Å²) in [4.78, 5) is 5.16. The van der Waals surface area contributed by atoms with Crippen LogP contribution in [0.2, 0.25) is 0 Å². The van der Waals surface area contributed by atoms with E-state index in [1.54, 1.807) is 0 Å². The lowest BCUT2D eigenvalue weighted by molar-refractivity contribution is 0.0520. The van der Waals surface area contributed by atoms with Gasteiger partial charge in [-0.25, -0.2) is 0 Å². The smallest absolute Gasteiger partial charge is 0.0620 e. The molecule has 0 bridgehead atoms. The molecule has 0 aromatic rings. The zero-order chi connectivity index (χ0) is 13.7. The van der Waals surface area contributed by atoms with Crippen LogP contribution in [0.4, 0.5) is 0 Å². The van der Waals surface area contributed by atoms with Crippen LogP contribution in [0.5, 0.6) is 0 Å². The van der Waals surface area contributed by atoms with Crippen molar-refractivity contribution in [1.29, 1.82) is 0 Å². The van der Waals surface area contributed by atoms with Gasteiger partial charge in [-0.1, -0.05) is 6.92 Å². The molecule has 0 amide bonds. The van der Waals surface area contributed by atoms with E-state index in [0.29, 0.717) is 12.1 Å². The molecule has 4 nitrogen and oxygen atoms in total. The second kappa shape index (κ2) is 7.58. The lowest BCUT2D eigenvalue weighted by Gasteiger charge is -2.40. The van der Waals surface area contributed by atoms with Crippen molar-refractivity contribution in [3.05, 3.63) is 0 Å². The van der Waals surface area contributed by atoms with Crippen LogP contribution in [0.3, 0.4) is 0 Å². The van der Waals surface area contributed by atoms with E-state index < -0.39 is 0 Å². The molecule has 0 aliphatic carbocycles. The third-order valence-corrected chi connectivity index (χ3v) is 4.90. The van der Waals surface area contributed by atoms with Gasteiger partial charge in [0.2, 0.25) is 0 Å². The first-order valence-corrected chi connectivity index (χ1v) is 7.96. The van der Waals surface area contributed by atoms with Gasteiger partial charge in [0.15, 0.2) is 0 Å². The Balaban J connectivity index is 1.73. The van der Waals surface area contributed by atoms with E-state index in [0.717, 1.165) is 25.8 Å². The van der Waals surface area contributed by atoms with Gasteiger partial charge in [0.05, 0.1) is 13.2 Å². The van der Waals surface area contributed by atoms with E-state index in [2.05, 4.69) is 36.0 Å². The number of nitrogens with zero attached hydrogens (tertiary/aromatic N) is 2. The maximum Gasteiger partial charge on any atom is 0.0620 e. The number of hydrogen-bond acceptors (Lipinski definition) is 4. The average molecular weight is 269 g/mol. The van der Waals surface area contributed by atoms with E-state index >= 15 is 0 Å². The summed E-state index contributed by atoms with van der Waals surface area (Å²) in [6.07, 6.45) is 3.84. The van der Waals surface area contributed by atoms with Gasteiger partial charge < -0.3 is 19.9 Å². The van der Waals surface area contributed by atoms with E-state index in [1.165, 1.54) is 38.9 Å². The summed E-state index contributed by atoms with van der Waals surface area (Å²) >= 11 is 0. The highest BCUT2D eigenvalue weighted by Gasteiger charge is 2.26. The van der Waals surface area contributed by atoms with Crippen molar-refractivity contribution in [2.24, 2.45) is 0 Å². The van der Waals surface area contributed by atoms with Crippen LogP contribution in [-0.4, -0.2) is 74.4 Å². The quantitative estimate of drug-likeness (QED) is 0.811. The second-order valence-electron chi connectivity index (χ2n) is 6.14. The predicted molar refractivity (Wildman–Crippen MR) is 79.6 cm³/mol. The van der Waals surface area contributed by atoms with Gasteiger partial charge in [0.25, 0.3) is 0 Å². The molecule has 2 atom stereocenters. The lowest BCUT2D eigenvalue weighted by Crippen LogP contribution is -2.49. The molecule has 19 heavy (non-hydrogen) atoms. The van der Waals surface area contributed by atoms with Crippen molar-refractivity contribution < 1.29 is 4.74 Å². The van der Waals surface area contributed by atoms with E-state index in [9.17, 15) is 0 Å². The number of ether oxygens (including phenoxy) is 1. The summed E-state index contributed by atoms with van der Waals surface area (Å²) in [7, 11) is 2.31. The molecule has 2 heterocycles. The molecule has 2 aliphatic heterocycles. The number of morpholine rings is 1. The van der Waals surface area contributed by atoms with Crippen LogP contribution in [0.25, 0.3) is 0 Å². The number of nitrogens with one attached hydrogen (secondary N) is 1. The second-order valence-corrected chi connectivity index (χ2v) is 6.14. The van der Waals surface area contributed by atoms with Gasteiger partial charge in [0, 0.05) is 24.7 Å². The normalized spacial score (nSPS) is 28.7. The highest BCUT2D eigenvalue weighted by Crippen LogP contribution is 2.19. The Morgan fingerprint density at radius 3 is 2.68 bits per heavy atom. The fourth-order valence-corrected chi connectivity index (χ4v) is 3.35. The molecule has 0 aromatic carbocycles. The molecule has 0 radical (unpaired) electrons. The summed E-state index contributed by atoms with van der Waals surface area (Å²) in [6.45, 7) is 11.1. The van der Waals surface area contributed by atoms with Crippen molar-refractivity contribution in [2.75, 3.05) is 46.4 Å². The Morgan fingerprint density at radius 2 is 2.11 bits per heavy atom. The van der Waals surface area contributed by atoms with Crippen molar-refractivity contribution in [3.8, 4) is 0 Å². The SMILES string of the molecule is CCN1CCC(N(C)C(C)CC2COCCN2)CC1. The first-order valence-electron chi connectivity index (χ1n) is 7.96. The molecule has 2 rings (SSSR count). The highest BCUT2D eigenvalue weighted by molar-refractivity contribution is 4.83. The highest BCUT2D eigenvalue weighted by atomic mass is 16.5. The number of piperidine rings is 1. The summed E-state index contributed by atoms with van der Waals surface area (Å²) in [5.41, 5.74) is 0. The standard InChI is InChI=1S/C15H31N3O/c1-4-18-8-5-15(6-9-18)17(3)13(2)11-14-12-19-10-7-16-14/h13-16H,4-12H2,1-3H3. The third kappa shape index (κ3) is 4.42. The summed E-state index contributed by atoms with van der Waals surface area (Å²) in [5.74, 6) is 0. The molecule has 112 valence electrons. The monoisotopic (exact) mass is 269 g/mol. The van der Waals surface area contributed by atoms with Gasteiger partial charge in [-0.15, -0.1) is 0 Å². The summed E-state index contributed by atoms with van der Waals surface area (Å²) in [6, 6.07) is 1.95. The Hall–Kier alpha value is -0.160. The van der Waals surface area contributed by atoms with Gasteiger partial charge in [-0.05, 0) is 52.9 Å². The minimum atomic E-state index is 0.543. The number of likely N-dealkylation sites (tertiary alicyclic amines) is 1. The van der Waals surface area contributed by atoms with Crippen LogP contribution in [-0.2, 0) is 4.74 Å². The lowest BCUT2D eigenvalue weighted by atomic mass is 9.99. The zero-order valence-corrected chi connectivity index (χ0v) is 12.9. The predicted octanol–water partition coefficient (Wildman–Crippen LogP) is 1.17. The van der Waals surface area contributed by atoms with Gasteiger partial charge in [0.1, 0.15) is 0 Å². The van der Waals surface area contributed by atoms with Gasteiger partial charge >= 0.3 is 0 Å². The molecule has 2 fully saturated rings. The fourth-order valence-electron chi connectivity index (χ4n) is 3.35. The van der Waals surface area contributed by atoms with Crippen molar-refractivity contribution in [2.45, 2.75) is 51.2 Å². The average Bonchev–Trinajstić information content (AvgIpc) is 2.47. The Labute approximate surface area is 118 Å². The Morgan fingerprint density at radius 1 is 1.37 bits per heavy atom. The van der Waals surface area contributed by atoms with Crippen molar-refractivity contribution >= 4 is 0 Å². The number of rotatable bonds is 5. The minimum absolute atomic E-state index is 0.543.